The number of esters is 1. The lowest BCUT2D eigenvalue weighted by atomic mass is 10.1. The number of carbonyl (C=O) groups excluding carboxylic acids is 1. The molecular weight excluding hydrogens is 356 g/mol. The molecule has 2 aromatic carbocycles. The number of carbonyl (C=O) groups is 1. The number of hydrogen-bond acceptors (Lipinski definition) is 2. The molecule has 2 nitrogen and oxygen atoms in total. The van der Waals surface area contributed by atoms with Crippen LogP contribution in [0.25, 0.3) is 0 Å². The van der Waals surface area contributed by atoms with Crippen LogP contribution in [0.2, 0.25) is 0 Å². The van der Waals surface area contributed by atoms with Crippen LogP contribution in [0.1, 0.15) is 44.7 Å². The molecule has 0 aliphatic heterocycles. The maximum Gasteiger partial charge on any atom is 0.302 e. The fourth-order valence-electron chi connectivity index (χ4n) is 2.18. The van der Waals surface area contributed by atoms with Gasteiger partial charge in [0, 0.05) is 6.92 Å². The highest BCUT2D eigenvalue weighted by Gasteiger charge is 1.85. The molecule has 29 heavy (non-hydrogen) atoms. The molecule has 2 rings (SSSR count). The van der Waals surface area contributed by atoms with Gasteiger partial charge in [-0.3, -0.25) is 4.79 Å². The zero-order valence-corrected chi connectivity index (χ0v) is 18.2. The Hall–Kier alpha value is -2.87. The van der Waals surface area contributed by atoms with Crippen LogP contribution in [0, 0.1) is 0 Å². The first-order valence-corrected chi connectivity index (χ1v) is 10.3. The van der Waals surface area contributed by atoms with Crippen LogP contribution in [0.4, 0.5) is 0 Å². The Labute approximate surface area is 177 Å². The van der Waals surface area contributed by atoms with E-state index in [4.69, 9.17) is 0 Å². The molecule has 0 bridgehead atoms. The number of rotatable bonds is 8. The van der Waals surface area contributed by atoms with Gasteiger partial charge in [0.2, 0.25) is 0 Å². The summed E-state index contributed by atoms with van der Waals surface area (Å²) in [5, 5.41) is 0. The van der Waals surface area contributed by atoms with Crippen molar-refractivity contribution in [1.29, 1.82) is 0 Å². The molecule has 0 amide bonds. The second kappa shape index (κ2) is 19.9. The Morgan fingerprint density at radius 1 is 0.793 bits per heavy atom. The van der Waals surface area contributed by atoms with Gasteiger partial charge in [0.15, 0.2) is 0 Å². The van der Waals surface area contributed by atoms with Crippen molar-refractivity contribution in [2.75, 3.05) is 6.61 Å². The van der Waals surface area contributed by atoms with E-state index in [2.05, 4.69) is 66.8 Å². The summed E-state index contributed by atoms with van der Waals surface area (Å²) in [6.45, 7) is 9.65. The van der Waals surface area contributed by atoms with E-state index in [0.29, 0.717) is 6.61 Å². The average molecular weight is 393 g/mol. The summed E-state index contributed by atoms with van der Waals surface area (Å²) in [5.41, 5.74) is 2.71. The van der Waals surface area contributed by atoms with E-state index in [1.807, 2.05) is 49.4 Å². The fraction of sp³-hybridized carbons (Fsp3) is 0.296. The molecule has 0 saturated heterocycles. The van der Waals surface area contributed by atoms with Crippen LogP contribution in [0.3, 0.4) is 0 Å². The summed E-state index contributed by atoms with van der Waals surface area (Å²) in [6, 6.07) is 20.8. The molecule has 0 aliphatic carbocycles. The molecule has 156 valence electrons. The molecule has 2 heteroatoms. The van der Waals surface area contributed by atoms with Gasteiger partial charge in [-0.15, -0.1) is 6.58 Å². The predicted molar refractivity (Wildman–Crippen MR) is 126 cm³/mol. The lowest BCUT2D eigenvalue weighted by molar-refractivity contribution is -0.139. The summed E-state index contributed by atoms with van der Waals surface area (Å²) < 4.78 is 4.62. The maximum absolute atomic E-state index is 10.2. The van der Waals surface area contributed by atoms with Crippen molar-refractivity contribution in [2.45, 2.75) is 46.5 Å². The van der Waals surface area contributed by atoms with Gasteiger partial charge >= 0.3 is 5.97 Å². The van der Waals surface area contributed by atoms with Crippen LogP contribution >= 0.6 is 0 Å². The summed E-state index contributed by atoms with van der Waals surface area (Å²) in [4.78, 5) is 10.2. The molecule has 0 heterocycles. The SMILES string of the molecule is C=CCc1ccccc1.CC/C=C\COC(C)=O.CCC=CCc1ccccc1. The topological polar surface area (TPSA) is 26.3 Å². The van der Waals surface area contributed by atoms with Crippen LogP contribution in [0.15, 0.2) is 97.6 Å². The van der Waals surface area contributed by atoms with Crippen molar-refractivity contribution in [2.24, 2.45) is 0 Å². The molecule has 0 N–H and O–H groups in total. The van der Waals surface area contributed by atoms with Gasteiger partial charge in [-0.05, 0) is 36.8 Å². The van der Waals surface area contributed by atoms with Crippen molar-refractivity contribution in [3.05, 3.63) is 109 Å². The normalized spacial score (nSPS) is 9.90. The minimum absolute atomic E-state index is 0.226. The number of allylic oxidation sites excluding steroid dienone is 4. The zero-order chi connectivity index (χ0) is 21.6. The number of benzene rings is 2. The number of ether oxygens (including phenoxy) is 1. The summed E-state index contributed by atoms with van der Waals surface area (Å²) >= 11 is 0. The maximum atomic E-state index is 10.2. The molecule has 0 unspecified atom stereocenters. The van der Waals surface area contributed by atoms with Crippen molar-refractivity contribution in [3.63, 3.8) is 0 Å². The molecule has 0 aromatic heterocycles. The smallest absolute Gasteiger partial charge is 0.302 e. The quantitative estimate of drug-likeness (QED) is 0.353. The zero-order valence-electron chi connectivity index (χ0n) is 18.2. The molecule has 0 saturated carbocycles. The van der Waals surface area contributed by atoms with E-state index in [1.54, 1.807) is 0 Å². The second-order valence-electron chi connectivity index (χ2n) is 6.23. The van der Waals surface area contributed by atoms with Crippen LogP contribution in [0.5, 0.6) is 0 Å². The molecule has 0 fully saturated rings. The Balaban J connectivity index is 0.000000409. The number of hydrogen-bond donors (Lipinski definition) is 0. The highest BCUT2D eigenvalue weighted by molar-refractivity contribution is 5.65. The molecular formula is C27H36O2. The lowest BCUT2D eigenvalue weighted by Gasteiger charge is -1.92. The molecule has 2 aromatic rings. The first-order chi connectivity index (χ1) is 14.1. The molecule has 0 atom stereocenters. The Kier molecular flexibility index (Phi) is 17.9. The summed E-state index contributed by atoms with van der Waals surface area (Å²) in [7, 11) is 0. The van der Waals surface area contributed by atoms with Crippen LogP contribution in [-0.2, 0) is 22.4 Å². The first kappa shape index (κ1) is 26.1. The summed E-state index contributed by atoms with van der Waals surface area (Å²) in [6.07, 6.45) is 14.3. The standard InChI is InChI=1S/C11H14.C9H10.C7H12O2/c1-2-3-5-8-11-9-6-4-7-10-11;1-2-6-9-7-4-3-5-8-9;1-3-4-5-6-9-7(2)8/h3-7,9-10H,2,8H2,1H3;2-5,7-8H,1,6H2;4-5H,3,6H2,1-2H3/b;;5-4-. The van der Waals surface area contributed by atoms with Gasteiger partial charge in [-0.2, -0.15) is 0 Å². The van der Waals surface area contributed by atoms with E-state index in [-0.39, 0.29) is 5.97 Å². The fourth-order valence-corrected chi connectivity index (χ4v) is 2.18. The molecule has 0 spiro atoms. The van der Waals surface area contributed by atoms with Crippen molar-refractivity contribution < 1.29 is 9.53 Å². The van der Waals surface area contributed by atoms with Gasteiger partial charge in [-0.25, -0.2) is 0 Å². The second-order valence-corrected chi connectivity index (χ2v) is 6.23. The third kappa shape index (κ3) is 18.3. The van der Waals surface area contributed by atoms with Crippen LogP contribution in [-0.4, -0.2) is 12.6 Å². The van der Waals surface area contributed by atoms with Gasteiger partial charge in [0.25, 0.3) is 0 Å². The van der Waals surface area contributed by atoms with Crippen molar-refractivity contribution >= 4 is 5.97 Å². The largest absolute Gasteiger partial charge is 0.462 e. The average Bonchev–Trinajstić information content (AvgIpc) is 2.74. The van der Waals surface area contributed by atoms with E-state index in [9.17, 15) is 4.79 Å². The van der Waals surface area contributed by atoms with Crippen molar-refractivity contribution in [3.8, 4) is 0 Å². The minimum Gasteiger partial charge on any atom is -0.462 e. The lowest BCUT2D eigenvalue weighted by Crippen LogP contribution is -1.96. The Morgan fingerprint density at radius 2 is 1.28 bits per heavy atom. The van der Waals surface area contributed by atoms with Gasteiger partial charge < -0.3 is 4.74 Å². The highest BCUT2D eigenvalue weighted by Crippen LogP contribution is 2.00. The third-order valence-corrected chi connectivity index (χ3v) is 3.61. The van der Waals surface area contributed by atoms with Crippen molar-refractivity contribution in [1.82, 2.24) is 0 Å². The van der Waals surface area contributed by atoms with E-state index >= 15 is 0 Å². The predicted octanol–water partition coefficient (Wildman–Crippen LogP) is 7.13. The minimum atomic E-state index is -0.226. The van der Waals surface area contributed by atoms with Crippen LogP contribution < -0.4 is 0 Å². The Morgan fingerprint density at radius 3 is 1.72 bits per heavy atom. The summed E-state index contributed by atoms with van der Waals surface area (Å²) in [5.74, 6) is -0.226. The molecule has 0 radical (unpaired) electrons. The monoisotopic (exact) mass is 392 g/mol. The third-order valence-electron chi connectivity index (χ3n) is 3.61. The highest BCUT2D eigenvalue weighted by atomic mass is 16.5. The Bertz CT molecular complexity index is 685. The van der Waals surface area contributed by atoms with Gasteiger partial charge in [-0.1, -0.05) is 105 Å². The molecule has 0 aliphatic rings. The van der Waals surface area contributed by atoms with Gasteiger partial charge in [0.1, 0.15) is 6.61 Å². The first-order valence-electron chi connectivity index (χ1n) is 10.3. The van der Waals surface area contributed by atoms with Gasteiger partial charge in [0.05, 0.1) is 0 Å². The van der Waals surface area contributed by atoms with E-state index < -0.39 is 0 Å². The van der Waals surface area contributed by atoms with E-state index in [0.717, 1.165) is 25.7 Å². The van der Waals surface area contributed by atoms with E-state index in [1.165, 1.54) is 18.1 Å².